The Kier molecular flexibility index (Phi) is 3.39. The average molecular weight is 376 g/mol. The summed E-state index contributed by atoms with van der Waals surface area (Å²) >= 11 is 6.33. The lowest BCUT2D eigenvalue weighted by Gasteiger charge is -2.29. The molecule has 0 aliphatic carbocycles. The van der Waals surface area contributed by atoms with Crippen molar-refractivity contribution in [1.29, 1.82) is 0 Å². The third kappa shape index (κ3) is 2.23. The van der Waals surface area contributed by atoms with E-state index in [9.17, 15) is 0 Å². The first-order chi connectivity index (χ1) is 13.3. The summed E-state index contributed by atoms with van der Waals surface area (Å²) in [6.45, 7) is 0. The number of fused-ring (bicyclic) bond motifs is 8. The molecule has 27 heavy (non-hydrogen) atoms. The molecule has 0 saturated carbocycles. The second-order valence-electron chi connectivity index (χ2n) is 7.41. The second kappa shape index (κ2) is 5.83. The predicted molar refractivity (Wildman–Crippen MR) is 104 cm³/mol. The Bertz CT molecular complexity index is 1010. The molecule has 3 aromatic carbocycles. The molecule has 2 saturated heterocycles. The van der Waals surface area contributed by atoms with Gasteiger partial charge in [0.2, 0.25) is 0 Å². The predicted octanol–water partition coefficient (Wildman–Crippen LogP) is 5.64. The Morgan fingerprint density at radius 2 is 1.52 bits per heavy atom. The number of anilines is 1. The van der Waals surface area contributed by atoms with Gasteiger partial charge in [-0.3, -0.25) is 4.84 Å². The third-order valence-corrected chi connectivity index (χ3v) is 6.22. The first-order valence-electron chi connectivity index (χ1n) is 9.32. The molecule has 4 heteroatoms. The quantitative estimate of drug-likeness (QED) is 0.578. The topological polar surface area (TPSA) is 21.7 Å². The van der Waals surface area contributed by atoms with Gasteiger partial charge in [0.15, 0.2) is 0 Å². The number of hydrogen-bond acceptors (Lipinski definition) is 3. The van der Waals surface area contributed by atoms with E-state index in [1.165, 1.54) is 11.1 Å². The van der Waals surface area contributed by atoms with E-state index in [0.717, 1.165) is 16.3 Å². The summed E-state index contributed by atoms with van der Waals surface area (Å²) < 4.78 is 6.39. The Morgan fingerprint density at radius 1 is 0.778 bits per heavy atom. The molecule has 2 fully saturated rings. The largest absolute Gasteiger partial charge is 0.362 e. The van der Waals surface area contributed by atoms with Crippen molar-refractivity contribution in [3.8, 4) is 0 Å². The summed E-state index contributed by atoms with van der Waals surface area (Å²) in [5.41, 5.74) is 4.78. The molecule has 0 spiro atoms. The van der Waals surface area contributed by atoms with Crippen molar-refractivity contribution >= 4 is 17.3 Å². The smallest absolute Gasteiger partial charge is 0.124 e. The van der Waals surface area contributed by atoms with Gasteiger partial charge < -0.3 is 4.74 Å². The zero-order valence-corrected chi connectivity index (χ0v) is 15.3. The van der Waals surface area contributed by atoms with Gasteiger partial charge in [-0.25, -0.2) is 5.06 Å². The maximum Gasteiger partial charge on any atom is 0.124 e. The van der Waals surface area contributed by atoms with E-state index in [-0.39, 0.29) is 30.3 Å². The molecule has 0 N–H and O–H groups in total. The molecule has 2 bridgehead atoms. The van der Waals surface area contributed by atoms with Crippen LogP contribution in [0.15, 0.2) is 78.9 Å². The van der Waals surface area contributed by atoms with Gasteiger partial charge in [0, 0.05) is 10.9 Å². The Hall–Kier alpha value is -2.33. The highest BCUT2D eigenvalue weighted by Gasteiger charge is 2.61. The van der Waals surface area contributed by atoms with Gasteiger partial charge in [0.1, 0.15) is 12.2 Å². The second-order valence-corrected chi connectivity index (χ2v) is 7.85. The molecule has 3 aliphatic rings. The van der Waals surface area contributed by atoms with Crippen LogP contribution in [0.3, 0.4) is 0 Å². The van der Waals surface area contributed by atoms with Crippen molar-refractivity contribution < 1.29 is 9.57 Å². The standard InChI is InChI=1S/C23H18ClNO2/c24-15-8-6-7-14(13-15)20-19-21-17-11-4-5-12-18(17)22(26-21)23(19)27-25(20)16-9-2-1-3-10-16/h1-13,19-23H/t19-,20+,21-,22+,23-/m1/s1. The molecule has 3 aromatic rings. The lowest BCUT2D eigenvalue weighted by atomic mass is 9.77. The maximum absolute atomic E-state index is 6.53. The van der Waals surface area contributed by atoms with Gasteiger partial charge >= 0.3 is 0 Å². The summed E-state index contributed by atoms with van der Waals surface area (Å²) in [7, 11) is 0. The summed E-state index contributed by atoms with van der Waals surface area (Å²) in [6.07, 6.45) is 0.0505. The van der Waals surface area contributed by atoms with Crippen LogP contribution in [-0.4, -0.2) is 6.10 Å². The van der Waals surface area contributed by atoms with Crippen LogP contribution in [0.25, 0.3) is 0 Å². The first-order valence-corrected chi connectivity index (χ1v) is 9.70. The van der Waals surface area contributed by atoms with E-state index in [1.54, 1.807) is 0 Å². The number of hydroxylamine groups is 1. The SMILES string of the molecule is Clc1cccc([C@H]2[C@H]3[C@@H](ON2c2ccccc2)[C@H]2O[C@@H]3c3ccccc32)c1. The third-order valence-electron chi connectivity index (χ3n) is 5.98. The number of halogens is 1. The summed E-state index contributed by atoms with van der Waals surface area (Å²) in [5.74, 6) is 0.226. The van der Waals surface area contributed by atoms with Crippen molar-refractivity contribution in [3.05, 3.63) is 101 Å². The molecule has 134 valence electrons. The minimum Gasteiger partial charge on any atom is -0.362 e. The number of hydrogen-bond donors (Lipinski definition) is 0. The molecule has 3 aliphatic heterocycles. The molecule has 0 radical (unpaired) electrons. The van der Waals surface area contributed by atoms with E-state index < -0.39 is 0 Å². The van der Waals surface area contributed by atoms with Crippen molar-refractivity contribution in [2.45, 2.75) is 24.4 Å². The summed E-state index contributed by atoms with van der Waals surface area (Å²) in [4.78, 5) is 6.53. The molecular formula is C23H18ClNO2. The van der Waals surface area contributed by atoms with Crippen LogP contribution < -0.4 is 5.06 Å². The van der Waals surface area contributed by atoms with E-state index in [1.807, 2.05) is 36.4 Å². The number of benzene rings is 3. The normalized spacial score (nSPS) is 30.4. The van der Waals surface area contributed by atoms with E-state index in [4.69, 9.17) is 21.2 Å². The maximum atomic E-state index is 6.53. The van der Waals surface area contributed by atoms with Crippen LogP contribution in [-0.2, 0) is 9.57 Å². The molecule has 3 nitrogen and oxygen atoms in total. The van der Waals surface area contributed by atoms with Gasteiger partial charge in [0.05, 0.1) is 17.8 Å². The highest BCUT2D eigenvalue weighted by molar-refractivity contribution is 6.30. The summed E-state index contributed by atoms with van der Waals surface area (Å²) in [6, 6.07) is 27.0. The molecule has 0 unspecified atom stereocenters. The highest BCUT2D eigenvalue weighted by Crippen LogP contribution is 2.63. The molecule has 0 amide bonds. The number of ether oxygens (including phenoxy) is 1. The number of nitrogens with zero attached hydrogens (tertiary/aromatic N) is 1. The number of rotatable bonds is 2. The van der Waals surface area contributed by atoms with Gasteiger partial charge in [-0.05, 0) is 41.0 Å². The molecule has 0 aromatic heterocycles. The average Bonchev–Trinajstić information content (AvgIpc) is 3.38. The Morgan fingerprint density at radius 3 is 2.30 bits per heavy atom. The van der Waals surface area contributed by atoms with E-state index >= 15 is 0 Å². The fourth-order valence-electron chi connectivity index (χ4n) is 4.93. The molecular weight excluding hydrogens is 358 g/mol. The fraction of sp³-hybridized carbons (Fsp3) is 0.217. The van der Waals surface area contributed by atoms with Crippen molar-refractivity contribution in [3.63, 3.8) is 0 Å². The van der Waals surface area contributed by atoms with Crippen LogP contribution in [0.1, 0.15) is 34.9 Å². The lowest BCUT2D eigenvalue weighted by Crippen LogP contribution is -2.27. The van der Waals surface area contributed by atoms with Crippen molar-refractivity contribution in [1.82, 2.24) is 0 Å². The highest BCUT2D eigenvalue weighted by atomic mass is 35.5. The zero-order valence-electron chi connectivity index (χ0n) is 14.5. The van der Waals surface area contributed by atoms with Crippen LogP contribution >= 0.6 is 11.6 Å². The minimum atomic E-state index is -0.00778. The first kappa shape index (κ1) is 15.7. The molecule has 3 heterocycles. The monoisotopic (exact) mass is 375 g/mol. The Balaban J connectivity index is 1.49. The zero-order chi connectivity index (χ0) is 18.0. The van der Waals surface area contributed by atoms with Crippen LogP contribution in [0.4, 0.5) is 5.69 Å². The lowest BCUT2D eigenvalue weighted by molar-refractivity contribution is -0.0148. The van der Waals surface area contributed by atoms with Crippen LogP contribution in [0, 0.1) is 5.92 Å². The van der Waals surface area contributed by atoms with Gasteiger partial charge in [-0.2, -0.15) is 0 Å². The fourth-order valence-corrected chi connectivity index (χ4v) is 5.13. The van der Waals surface area contributed by atoms with Crippen molar-refractivity contribution in [2.24, 2.45) is 5.92 Å². The van der Waals surface area contributed by atoms with E-state index in [0.29, 0.717) is 0 Å². The van der Waals surface area contributed by atoms with Gasteiger partial charge in [0.25, 0.3) is 0 Å². The minimum absolute atomic E-state index is 0.00778. The molecule has 6 rings (SSSR count). The van der Waals surface area contributed by atoms with Gasteiger partial charge in [-0.15, -0.1) is 0 Å². The van der Waals surface area contributed by atoms with Crippen molar-refractivity contribution in [2.75, 3.05) is 5.06 Å². The Labute approximate surface area is 163 Å². The molecule has 5 atom stereocenters. The van der Waals surface area contributed by atoms with Crippen LogP contribution in [0.5, 0.6) is 0 Å². The van der Waals surface area contributed by atoms with Crippen LogP contribution in [0.2, 0.25) is 5.02 Å². The van der Waals surface area contributed by atoms with Gasteiger partial charge in [-0.1, -0.05) is 66.2 Å². The summed E-state index contributed by atoms with van der Waals surface area (Å²) in [5, 5.41) is 2.81. The van der Waals surface area contributed by atoms with E-state index in [2.05, 4.69) is 47.5 Å². The number of para-hydroxylation sites is 1.